The van der Waals surface area contributed by atoms with Crippen LogP contribution in [0.4, 0.5) is 17.1 Å². The van der Waals surface area contributed by atoms with Gasteiger partial charge in [0.1, 0.15) is 0 Å². The van der Waals surface area contributed by atoms with Crippen molar-refractivity contribution in [2.24, 2.45) is 0 Å². The standard InChI is InChI=1S/C68H45N/c1-4-21-46(22-5-1)47-23-18-24-48(43-47)49-25-19-30-52(44-49)69(65-40-20-39-63-66(65)58-34-13-17-38-62(58)67(63,50-26-6-2-7-27-50)51-28-8-3-9-29-51)53-41-42-57-56-33-12-16-37-61(56)68(64(57)45-53)59-35-14-10-31-54(59)55-32-11-15-36-60(55)68/h1-45H. The molecule has 0 atom stereocenters. The summed E-state index contributed by atoms with van der Waals surface area (Å²) in [7, 11) is 0. The topological polar surface area (TPSA) is 3.24 Å². The van der Waals surface area contributed by atoms with Crippen molar-refractivity contribution in [3.05, 3.63) is 317 Å². The van der Waals surface area contributed by atoms with E-state index in [4.69, 9.17) is 0 Å². The van der Waals surface area contributed by atoms with Crippen molar-refractivity contribution in [3.8, 4) is 55.6 Å². The molecular formula is C68H45N. The summed E-state index contributed by atoms with van der Waals surface area (Å²) in [5, 5.41) is 0. The Hall–Kier alpha value is -8.78. The lowest BCUT2D eigenvalue weighted by Crippen LogP contribution is -2.28. The Morgan fingerprint density at radius 2 is 0.638 bits per heavy atom. The predicted molar refractivity (Wildman–Crippen MR) is 286 cm³/mol. The van der Waals surface area contributed by atoms with Crippen molar-refractivity contribution in [2.45, 2.75) is 10.8 Å². The molecule has 11 aromatic rings. The van der Waals surface area contributed by atoms with Gasteiger partial charge in [0, 0.05) is 16.9 Å². The van der Waals surface area contributed by atoms with Crippen molar-refractivity contribution in [3.63, 3.8) is 0 Å². The highest BCUT2D eigenvalue weighted by Crippen LogP contribution is 2.64. The van der Waals surface area contributed by atoms with Gasteiger partial charge in [-0.3, -0.25) is 0 Å². The van der Waals surface area contributed by atoms with Crippen LogP contribution in [0.3, 0.4) is 0 Å². The number of nitrogens with zero attached hydrogens (tertiary/aromatic N) is 1. The number of fused-ring (bicyclic) bond motifs is 13. The van der Waals surface area contributed by atoms with Gasteiger partial charge in [-0.25, -0.2) is 0 Å². The van der Waals surface area contributed by atoms with Gasteiger partial charge in [-0.2, -0.15) is 0 Å². The first kappa shape index (κ1) is 39.4. The molecule has 0 saturated heterocycles. The number of hydrogen-bond acceptors (Lipinski definition) is 1. The molecule has 0 aliphatic heterocycles. The lowest BCUT2D eigenvalue weighted by Gasteiger charge is -2.35. The van der Waals surface area contributed by atoms with Crippen LogP contribution >= 0.6 is 0 Å². The molecule has 0 saturated carbocycles. The van der Waals surface area contributed by atoms with Crippen LogP contribution in [0, 0.1) is 0 Å². The zero-order valence-electron chi connectivity index (χ0n) is 37.9. The van der Waals surface area contributed by atoms with Gasteiger partial charge in [0.05, 0.1) is 16.5 Å². The minimum Gasteiger partial charge on any atom is -0.310 e. The number of anilines is 3. The molecule has 1 nitrogen and oxygen atoms in total. The maximum absolute atomic E-state index is 2.55. The fourth-order valence-corrected chi connectivity index (χ4v) is 12.6. The zero-order valence-corrected chi connectivity index (χ0v) is 37.9. The van der Waals surface area contributed by atoms with E-state index in [9.17, 15) is 0 Å². The van der Waals surface area contributed by atoms with E-state index >= 15 is 0 Å². The Labute approximate surface area is 403 Å². The second-order valence-corrected chi connectivity index (χ2v) is 18.7. The van der Waals surface area contributed by atoms with Gasteiger partial charge in [0.25, 0.3) is 0 Å². The maximum atomic E-state index is 2.55. The SMILES string of the molecule is c1ccc(-c2cccc(-c3cccc(N(c4ccc5c(c4)C4(c6ccccc6-c6ccccc64)c4ccccc4-5)c4cccc5c4-c4ccccc4C5(c4ccccc4)c4ccccc4)c3)c2)cc1. The highest BCUT2D eigenvalue weighted by atomic mass is 15.1. The summed E-state index contributed by atoms with van der Waals surface area (Å²) in [5.41, 5.74) is 25.1. The van der Waals surface area contributed by atoms with E-state index in [0.717, 1.165) is 22.6 Å². The second-order valence-electron chi connectivity index (χ2n) is 18.7. The number of benzene rings is 11. The summed E-state index contributed by atoms with van der Waals surface area (Å²) in [4.78, 5) is 2.55. The van der Waals surface area contributed by atoms with Crippen molar-refractivity contribution in [1.29, 1.82) is 0 Å². The number of hydrogen-bond donors (Lipinski definition) is 0. The molecule has 0 amide bonds. The van der Waals surface area contributed by atoms with Crippen LogP contribution in [-0.2, 0) is 10.8 Å². The van der Waals surface area contributed by atoms with Crippen LogP contribution in [0.1, 0.15) is 44.5 Å². The van der Waals surface area contributed by atoms with Gasteiger partial charge in [0.2, 0.25) is 0 Å². The van der Waals surface area contributed by atoms with Crippen LogP contribution in [0.2, 0.25) is 0 Å². The normalized spacial score (nSPS) is 13.7. The average Bonchev–Trinajstić information content (AvgIpc) is 4.02. The summed E-state index contributed by atoms with van der Waals surface area (Å²) in [6.45, 7) is 0. The zero-order chi connectivity index (χ0) is 45.5. The first-order valence-electron chi connectivity index (χ1n) is 24.1. The molecule has 1 heteroatoms. The molecule has 11 aromatic carbocycles. The molecular weight excluding hydrogens is 831 g/mol. The van der Waals surface area contributed by atoms with Crippen molar-refractivity contribution in [2.75, 3.05) is 4.90 Å². The lowest BCUT2D eigenvalue weighted by molar-refractivity contribution is 0.768. The van der Waals surface area contributed by atoms with Crippen LogP contribution in [0.5, 0.6) is 0 Å². The summed E-state index contributed by atoms with van der Waals surface area (Å²) in [6, 6.07) is 102. The average molecular weight is 876 g/mol. The molecule has 3 aliphatic carbocycles. The van der Waals surface area contributed by atoms with Crippen LogP contribution in [-0.4, -0.2) is 0 Å². The van der Waals surface area contributed by atoms with E-state index < -0.39 is 10.8 Å². The highest BCUT2D eigenvalue weighted by Gasteiger charge is 2.52. The molecule has 322 valence electrons. The van der Waals surface area contributed by atoms with E-state index in [0.29, 0.717) is 0 Å². The fourth-order valence-electron chi connectivity index (χ4n) is 12.6. The molecule has 3 aliphatic rings. The minimum absolute atomic E-state index is 0.485. The maximum Gasteiger partial charge on any atom is 0.0726 e. The van der Waals surface area contributed by atoms with E-state index in [1.807, 2.05) is 0 Å². The monoisotopic (exact) mass is 875 g/mol. The lowest BCUT2D eigenvalue weighted by atomic mass is 9.68. The van der Waals surface area contributed by atoms with Gasteiger partial charge in [0.15, 0.2) is 0 Å². The molecule has 0 aromatic heterocycles. The Morgan fingerprint density at radius 1 is 0.232 bits per heavy atom. The van der Waals surface area contributed by atoms with E-state index in [1.165, 1.54) is 94.6 Å². The summed E-state index contributed by atoms with van der Waals surface area (Å²) in [6.07, 6.45) is 0. The van der Waals surface area contributed by atoms with Crippen LogP contribution in [0.15, 0.2) is 273 Å². The van der Waals surface area contributed by atoms with Crippen LogP contribution < -0.4 is 4.90 Å². The third-order valence-corrected chi connectivity index (χ3v) is 15.3. The Balaban J connectivity index is 1.05. The summed E-state index contributed by atoms with van der Waals surface area (Å²) >= 11 is 0. The minimum atomic E-state index is -0.545. The first-order chi connectivity index (χ1) is 34.2. The van der Waals surface area contributed by atoms with E-state index in [1.54, 1.807) is 0 Å². The third kappa shape index (κ3) is 5.59. The summed E-state index contributed by atoms with van der Waals surface area (Å²) in [5.74, 6) is 0. The molecule has 0 heterocycles. The molecule has 0 unspecified atom stereocenters. The fraction of sp³-hybridized carbons (Fsp3) is 0.0294. The molecule has 1 spiro atoms. The molecule has 0 fully saturated rings. The Morgan fingerprint density at radius 3 is 1.23 bits per heavy atom. The molecule has 69 heavy (non-hydrogen) atoms. The van der Waals surface area contributed by atoms with Gasteiger partial charge < -0.3 is 4.90 Å². The highest BCUT2D eigenvalue weighted by molar-refractivity contribution is 6.00. The van der Waals surface area contributed by atoms with Crippen molar-refractivity contribution in [1.82, 2.24) is 0 Å². The van der Waals surface area contributed by atoms with Crippen molar-refractivity contribution < 1.29 is 0 Å². The Kier molecular flexibility index (Phi) is 8.78. The van der Waals surface area contributed by atoms with Crippen LogP contribution in [0.25, 0.3) is 55.6 Å². The molecule has 0 radical (unpaired) electrons. The predicted octanol–water partition coefficient (Wildman–Crippen LogP) is 17.2. The van der Waals surface area contributed by atoms with Gasteiger partial charge >= 0.3 is 0 Å². The van der Waals surface area contributed by atoms with E-state index in [-0.39, 0.29) is 0 Å². The van der Waals surface area contributed by atoms with E-state index in [2.05, 4.69) is 278 Å². The van der Waals surface area contributed by atoms with Crippen molar-refractivity contribution >= 4 is 17.1 Å². The third-order valence-electron chi connectivity index (χ3n) is 15.3. The van der Waals surface area contributed by atoms with Gasteiger partial charge in [-0.05, 0) is 131 Å². The first-order valence-corrected chi connectivity index (χ1v) is 24.1. The second kappa shape index (κ2) is 15.4. The molecule has 14 rings (SSSR count). The smallest absolute Gasteiger partial charge is 0.0726 e. The van der Waals surface area contributed by atoms with Gasteiger partial charge in [-0.1, -0.05) is 237 Å². The number of rotatable bonds is 7. The quantitative estimate of drug-likeness (QED) is 0.154. The van der Waals surface area contributed by atoms with Gasteiger partial charge in [-0.15, -0.1) is 0 Å². The summed E-state index contributed by atoms with van der Waals surface area (Å²) < 4.78 is 0. The Bertz CT molecular complexity index is 3690. The molecule has 0 bridgehead atoms. The largest absolute Gasteiger partial charge is 0.310 e. The molecule has 0 N–H and O–H groups in total.